The number of tetrazole rings is 1. The van der Waals surface area contributed by atoms with Gasteiger partial charge in [-0.2, -0.15) is 0 Å². The van der Waals surface area contributed by atoms with Crippen molar-refractivity contribution in [3.63, 3.8) is 0 Å². The molecule has 0 unspecified atom stereocenters. The number of hydrazine groups is 1. The lowest BCUT2D eigenvalue weighted by Gasteiger charge is -2.09. The Bertz CT molecular complexity index is 748. The normalized spacial score (nSPS) is 10.0. The molecule has 2 aromatic rings. The van der Waals surface area contributed by atoms with E-state index in [1.807, 2.05) is 18.2 Å². The second-order valence-electron chi connectivity index (χ2n) is 4.97. The summed E-state index contributed by atoms with van der Waals surface area (Å²) in [5.74, 6) is -0.934. The van der Waals surface area contributed by atoms with Crippen LogP contribution in [0.5, 0.6) is 0 Å². The zero-order valence-electron chi connectivity index (χ0n) is 14.0. The van der Waals surface area contributed by atoms with Crippen molar-refractivity contribution in [3.8, 4) is 0 Å². The molecule has 0 aliphatic rings. The van der Waals surface area contributed by atoms with Gasteiger partial charge in [0.15, 0.2) is 5.82 Å². The van der Waals surface area contributed by atoms with Gasteiger partial charge in [-0.05, 0) is 22.9 Å². The molecule has 2 N–H and O–H groups in total. The zero-order chi connectivity index (χ0) is 18.8. The number of ether oxygens (including phenoxy) is 2. The van der Waals surface area contributed by atoms with Crippen LogP contribution in [0.3, 0.4) is 0 Å². The first-order valence-electron chi connectivity index (χ1n) is 7.74. The summed E-state index contributed by atoms with van der Waals surface area (Å²) in [5.41, 5.74) is 5.09. The van der Waals surface area contributed by atoms with Crippen LogP contribution in [0.4, 0.5) is 4.79 Å². The van der Waals surface area contributed by atoms with Crippen LogP contribution in [-0.4, -0.2) is 44.8 Å². The minimum atomic E-state index is -0.814. The van der Waals surface area contributed by atoms with E-state index in [2.05, 4.69) is 26.4 Å². The van der Waals surface area contributed by atoms with Gasteiger partial charge in [-0.3, -0.25) is 15.0 Å². The molecule has 0 spiro atoms. The SMILES string of the molecule is CCOC(=O)Cc1nnnn1CC(=O)NNC(=O)OCc1ccccc1. The molecule has 2 rings (SSSR count). The lowest BCUT2D eigenvalue weighted by atomic mass is 10.2. The third kappa shape index (κ3) is 6.19. The van der Waals surface area contributed by atoms with Crippen LogP contribution in [0, 0.1) is 0 Å². The lowest BCUT2D eigenvalue weighted by Crippen LogP contribution is -2.43. The maximum Gasteiger partial charge on any atom is 0.426 e. The fraction of sp³-hybridized carbons (Fsp3) is 0.333. The molecular weight excluding hydrogens is 344 g/mol. The predicted molar refractivity (Wildman–Crippen MR) is 86.1 cm³/mol. The van der Waals surface area contributed by atoms with Gasteiger partial charge in [0.25, 0.3) is 5.91 Å². The summed E-state index contributed by atoms with van der Waals surface area (Å²) in [7, 11) is 0. The number of amides is 2. The summed E-state index contributed by atoms with van der Waals surface area (Å²) >= 11 is 0. The first-order chi connectivity index (χ1) is 12.6. The summed E-state index contributed by atoms with van der Waals surface area (Å²) in [4.78, 5) is 34.8. The van der Waals surface area contributed by atoms with E-state index in [0.717, 1.165) is 10.2 Å². The molecule has 0 aliphatic carbocycles. The molecule has 11 nitrogen and oxygen atoms in total. The highest BCUT2D eigenvalue weighted by Gasteiger charge is 2.15. The van der Waals surface area contributed by atoms with Crippen LogP contribution in [0.2, 0.25) is 0 Å². The third-order valence-corrected chi connectivity index (χ3v) is 3.02. The van der Waals surface area contributed by atoms with Gasteiger partial charge in [-0.1, -0.05) is 30.3 Å². The third-order valence-electron chi connectivity index (χ3n) is 3.02. The summed E-state index contributed by atoms with van der Waals surface area (Å²) in [5, 5.41) is 10.7. The van der Waals surface area contributed by atoms with Crippen molar-refractivity contribution in [1.29, 1.82) is 0 Å². The molecule has 1 aromatic carbocycles. The Morgan fingerprint density at radius 1 is 1.12 bits per heavy atom. The summed E-state index contributed by atoms with van der Waals surface area (Å²) in [6.45, 7) is 1.69. The number of carbonyl (C=O) groups excluding carboxylic acids is 3. The van der Waals surface area contributed by atoms with Crippen molar-refractivity contribution in [3.05, 3.63) is 41.7 Å². The maximum atomic E-state index is 11.8. The van der Waals surface area contributed by atoms with Gasteiger partial charge < -0.3 is 9.47 Å². The Morgan fingerprint density at radius 2 is 1.88 bits per heavy atom. The first kappa shape index (κ1) is 18.8. The number of benzene rings is 1. The number of aromatic nitrogens is 4. The number of nitrogens with zero attached hydrogens (tertiary/aromatic N) is 4. The van der Waals surface area contributed by atoms with E-state index in [9.17, 15) is 14.4 Å². The van der Waals surface area contributed by atoms with E-state index in [-0.39, 0.29) is 32.0 Å². The molecule has 1 heterocycles. The molecule has 0 saturated heterocycles. The topological polar surface area (TPSA) is 137 Å². The predicted octanol–water partition coefficient (Wildman–Crippen LogP) is -0.264. The number of hydrogen-bond acceptors (Lipinski definition) is 8. The molecular formula is C15H18N6O5. The lowest BCUT2D eigenvalue weighted by molar-refractivity contribution is -0.142. The van der Waals surface area contributed by atoms with Gasteiger partial charge in [0, 0.05) is 0 Å². The van der Waals surface area contributed by atoms with Crippen LogP contribution in [0.15, 0.2) is 30.3 Å². The minimum absolute atomic E-state index is 0.0687. The molecule has 138 valence electrons. The summed E-state index contributed by atoms with van der Waals surface area (Å²) in [6, 6.07) is 9.08. The number of carbonyl (C=O) groups is 3. The molecule has 26 heavy (non-hydrogen) atoms. The van der Waals surface area contributed by atoms with Crippen molar-refractivity contribution in [2.45, 2.75) is 26.5 Å². The van der Waals surface area contributed by atoms with E-state index < -0.39 is 18.0 Å². The van der Waals surface area contributed by atoms with Crippen molar-refractivity contribution in [1.82, 2.24) is 31.1 Å². The van der Waals surface area contributed by atoms with Crippen molar-refractivity contribution < 1.29 is 23.9 Å². The largest absolute Gasteiger partial charge is 0.466 e. The standard InChI is InChI=1S/C15H18N6O5/c1-2-25-14(23)8-12-16-19-20-21(12)9-13(22)17-18-15(24)26-10-11-6-4-3-5-7-11/h3-7H,2,8-10H2,1H3,(H,17,22)(H,18,24). The van der Waals surface area contributed by atoms with Crippen LogP contribution < -0.4 is 10.9 Å². The molecule has 2 amide bonds. The van der Waals surface area contributed by atoms with Crippen LogP contribution >= 0.6 is 0 Å². The molecule has 0 aliphatic heterocycles. The smallest absolute Gasteiger partial charge is 0.426 e. The monoisotopic (exact) mass is 362 g/mol. The highest BCUT2D eigenvalue weighted by atomic mass is 16.6. The average molecular weight is 362 g/mol. The molecule has 0 saturated carbocycles. The van der Waals surface area contributed by atoms with Crippen molar-refractivity contribution in [2.24, 2.45) is 0 Å². The Morgan fingerprint density at radius 3 is 2.62 bits per heavy atom. The highest BCUT2D eigenvalue weighted by Crippen LogP contribution is 2.00. The Hall–Kier alpha value is -3.50. The number of esters is 1. The van der Waals surface area contributed by atoms with E-state index >= 15 is 0 Å². The fourth-order valence-electron chi connectivity index (χ4n) is 1.87. The minimum Gasteiger partial charge on any atom is -0.466 e. The van der Waals surface area contributed by atoms with Crippen molar-refractivity contribution >= 4 is 18.0 Å². The van der Waals surface area contributed by atoms with Gasteiger partial charge in [0.05, 0.1) is 6.61 Å². The molecule has 0 fully saturated rings. The van der Waals surface area contributed by atoms with E-state index in [0.29, 0.717) is 0 Å². The number of nitrogens with one attached hydrogen (secondary N) is 2. The summed E-state index contributed by atoms with van der Waals surface area (Å²) < 4.78 is 10.9. The van der Waals surface area contributed by atoms with E-state index in [1.54, 1.807) is 19.1 Å². The molecule has 11 heteroatoms. The number of rotatable bonds is 7. The molecule has 0 radical (unpaired) electrons. The van der Waals surface area contributed by atoms with Crippen LogP contribution in [-0.2, 0) is 38.6 Å². The Kier molecular flexibility index (Phi) is 7.04. The van der Waals surface area contributed by atoms with Gasteiger partial charge in [0.2, 0.25) is 0 Å². The second-order valence-corrected chi connectivity index (χ2v) is 4.97. The molecule has 1 aromatic heterocycles. The quantitative estimate of drug-likeness (QED) is 0.507. The summed E-state index contributed by atoms with van der Waals surface area (Å²) in [6.07, 6.45) is -0.980. The number of hydrogen-bond donors (Lipinski definition) is 2. The van der Waals surface area contributed by atoms with Gasteiger partial charge in [-0.15, -0.1) is 5.10 Å². The Labute approximate surface area is 148 Å². The zero-order valence-corrected chi connectivity index (χ0v) is 14.0. The first-order valence-corrected chi connectivity index (χ1v) is 7.74. The van der Waals surface area contributed by atoms with Gasteiger partial charge in [0.1, 0.15) is 19.6 Å². The average Bonchev–Trinajstić information content (AvgIpc) is 3.05. The second kappa shape index (κ2) is 9.71. The van der Waals surface area contributed by atoms with E-state index in [1.165, 1.54) is 0 Å². The molecule has 0 bridgehead atoms. The van der Waals surface area contributed by atoms with Crippen LogP contribution in [0.1, 0.15) is 18.3 Å². The van der Waals surface area contributed by atoms with Gasteiger partial charge >= 0.3 is 12.1 Å². The molecule has 0 atom stereocenters. The van der Waals surface area contributed by atoms with Crippen LogP contribution in [0.25, 0.3) is 0 Å². The van der Waals surface area contributed by atoms with Gasteiger partial charge in [-0.25, -0.2) is 14.9 Å². The van der Waals surface area contributed by atoms with Crippen molar-refractivity contribution in [2.75, 3.05) is 6.61 Å². The fourth-order valence-corrected chi connectivity index (χ4v) is 1.87. The maximum absolute atomic E-state index is 11.8. The van der Waals surface area contributed by atoms with E-state index in [4.69, 9.17) is 9.47 Å². The highest BCUT2D eigenvalue weighted by molar-refractivity contribution is 5.79. The Balaban J connectivity index is 1.74.